The number of hydrogen-bond donors (Lipinski definition) is 0. The van der Waals surface area contributed by atoms with Crippen molar-refractivity contribution >= 4 is 0 Å². The van der Waals surface area contributed by atoms with Gasteiger partial charge in [0, 0.05) is 0 Å². The highest BCUT2D eigenvalue weighted by Crippen LogP contribution is 2.27. The van der Waals surface area contributed by atoms with Crippen LogP contribution in [0.1, 0.15) is 37.3 Å². The number of hydrogen-bond acceptors (Lipinski definition) is 2. The van der Waals surface area contributed by atoms with Gasteiger partial charge in [-0.05, 0) is 48.9 Å². The fourth-order valence-corrected chi connectivity index (χ4v) is 2.19. The molecular weight excluding hydrogens is 198 g/mol. The summed E-state index contributed by atoms with van der Waals surface area (Å²) in [6.07, 6.45) is 5.00. The minimum Gasteiger partial charge on any atom is -0.489 e. The van der Waals surface area contributed by atoms with Crippen LogP contribution in [-0.4, -0.2) is 6.10 Å². The first-order valence-electron chi connectivity index (χ1n) is 5.99. The van der Waals surface area contributed by atoms with Crippen LogP contribution in [0.3, 0.4) is 0 Å². The Morgan fingerprint density at radius 2 is 2.19 bits per heavy atom. The van der Waals surface area contributed by atoms with Gasteiger partial charge in [0.05, 0.1) is 12.5 Å². The van der Waals surface area contributed by atoms with Gasteiger partial charge in [-0.1, -0.05) is 13.0 Å². The summed E-state index contributed by atoms with van der Waals surface area (Å²) < 4.78 is 5.81. The molecule has 1 unspecified atom stereocenters. The van der Waals surface area contributed by atoms with Crippen molar-refractivity contribution in [3.63, 3.8) is 0 Å². The van der Waals surface area contributed by atoms with Crippen molar-refractivity contribution in [1.82, 2.24) is 0 Å². The van der Waals surface area contributed by atoms with E-state index in [9.17, 15) is 0 Å². The predicted octanol–water partition coefficient (Wildman–Crippen LogP) is 3.25. The van der Waals surface area contributed by atoms with Crippen molar-refractivity contribution in [2.45, 2.75) is 45.1 Å². The van der Waals surface area contributed by atoms with E-state index in [4.69, 9.17) is 10.00 Å². The molecule has 84 valence electrons. The quantitative estimate of drug-likeness (QED) is 0.772. The summed E-state index contributed by atoms with van der Waals surface area (Å²) in [5, 5.41) is 8.67. The van der Waals surface area contributed by atoms with E-state index in [1.54, 1.807) is 0 Å². The number of nitriles is 1. The van der Waals surface area contributed by atoms with Gasteiger partial charge in [0.1, 0.15) is 11.9 Å². The number of fused-ring (bicyclic) bond motifs is 1. The summed E-state index contributed by atoms with van der Waals surface area (Å²) in [5.41, 5.74) is 2.88. The SMILES string of the molecule is CCC(CC#N)Oc1ccc2c(c1)CCC2. The average molecular weight is 215 g/mol. The van der Waals surface area contributed by atoms with E-state index in [1.165, 1.54) is 30.4 Å². The van der Waals surface area contributed by atoms with Gasteiger partial charge in [-0.15, -0.1) is 0 Å². The molecule has 16 heavy (non-hydrogen) atoms. The lowest BCUT2D eigenvalue weighted by Gasteiger charge is -2.15. The Hall–Kier alpha value is -1.49. The van der Waals surface area contributed by atoms with Crippen molar-refractivity contribution in [2.24, 2.45) is 0 Å². The van der Waals surface area contributed by atoms with Crippen LogP contribution in [0, 0.1) is 11.3 Å². The van der Waals surface area contributed by atoms with Crippen LogP contribution in [0.15, 0.2) is 18.2 Å². The molecule has 1 aromatic rings. The van der Waals surface area contributed by atoms with Crippen molar-refractivity contribution in [2.75, 3.05) is 0 Å². The third kappa shape index (κ3) is 2.36. The Kier molecular flexibility index (Phi) is 3.46. The highest BCUT2D eigenvalue weighted by Gasteiger charge is 2.13. The van der Waals surface area contributed by atoms with Crippen molar-refractivity contribution in [3.05, 3.63) is 29.3 Å². The van der Waals surface area contributed by atoms with Gasteiger partial charge in [-0.2, -0.15) is 5.26 Å². The molecule has 0 amide bonds. The molecule has 2 rings (SSSR count). The lowest BCUT2D eigenvalue weighted by atomic mass is 10.1. The number of benzene rings is 1. The zero-order valence-electron chi connectivity index (χ0n) is 9.70. The molecule has 0 N–H and O–H groups in total. The van der Waals surface area contributed by atoms with Crippen molar-refractivity contribution in [1.29, 1.82) is 5.26 Å². The maximum atomic E-state index is 8.67. The summed E-state index contributed by atoms with van der Waals surface area (Å²) in [7, 11) is 0. The monoisotopic (exact) mass is 215 g/mol. The molecule has 0 fully saturated rings. The van der Waals surface area contributed by atoms with Crippen LogP contribution < -0.4 is 4.74 Å². The molecule has 0 saturated carbocycles. The van der Waals surface area contributed by atoms with Gasteiger partial charge in [-0.3, -0.25) is 0 Å². The van der Waals surface area contributed by atoms with Crippen LogP contribution in [0.5, 0.6) is 5.75 Å². The first-order chi connectivity index (χ1) is 7.83. The highest BCUT2D eigenvalue weighted by molar-refractivity contribution is 5.38. The molecular formula is C14H17NO. The molecule has 2 nitrogen and oxygen atoms in total. The third-order valence-corrected chi connectivity index (χ3v) is 3.15. The van der Waals surface area contributed by atoms with E-state index < -0.39 is 0 Å². The standard InChI is InChI=1S/C14H17NO/c1-2-13(8-9-15)16-14-7-6-11-4-3-5-12(11)10-14/h6-7,10,13H,2-5,8H2,1H3. The van der Waals surface area contributed by atoms with Gasteiger partial charge >= 0.3 is 0 Å². The fourth-order valence-electron chi connectivity index (χ4n) is 2.19. The maximum absolute atomic E-state index is 8.67. The maximum Gasteiger partial charge on any atom is 0.120 e. The zero-order valence-corrected chi connectivity index (χ0v) is 9.70. The lowest BCUT2D eigenvalue weighted by molar-refractivity contribution is 0.202. The minimum atomic E-state index is 0.0319. The van der Waals surface area contributed by atoms with E-state index in [0.29, 0.717) is 6.42 Å². The first-order valence-corrected chi connectivity index (χ1v) is 5.99. The first kappa shape index (κ1) is 11.0. The third-order valence-electron chi connectivity index (χ3n) is 3.15. The second-order valence-electron chi connectivity index (χ2n) is 4.29. The minimum absolute atomic E-state index is 0.0319. The predicted molar refractivity (Wildman–Crippen MR) is 63.4 cm³/mol. The zero-order chi connectivity index (χ0) is 11.4. The van der Waals surface area contributed by atoms with E-state index in [0.717, 1.165) is 12.2 Å². The molecule has 0 aliphatic heterocycles. The molecule has 1 atom stereocenters. The number of nitrogens with zero attached hydrogens (tertiary/aromatic N) is 1. The van der Waals surface area contributed by atoms with E-state index in [1.807, 2.05) is 6.07 Å². The molecule has 0 radical (unpaired) electrons. The molecule has 2 heteroatoms. The Balaban J connectivity index is 2.07. The van der Waals surface area contributed by atoms with E-state index >= 15 is 0 Å². The van der Waals surface area contributed by atoms with Gasteiger partial charge in [-0.25, -0.2) is 0 Å². The molecule has 0 spiro atoms. The topological polar surface area (TPSA) is 33.0 Å². The van der Waals surface area contributed by atoms with Gasteiger partial charge in [0.2, 0.25) is 0 Å². The number of ether oxygens (including phenoxy) is 1. The summed E-state index contributed by atoms with van der Waals surface area (Å²) >= 11 is 0. The second-order valence-corrected chi connectivity index (χ2v) is 4.29. The summed E-state index contributed by atoms with van der Waals surface area (Å²) in [6.45, 7) is 2.05. The van der Waals surface area contributed by atoms with Crippen LogP contribution in [0.25, 0.3) is 0 Å². The lowest BCUT2D eigenvalue weighted by Crippen LogP contribution is -2.14. The second kappa shape index (κ2) is 5.03. The number of aryl methyl sites for hydroxylation is 2. The Morgan fingerprint density at radius 3 is 2.94 bits per heavy atom. The highest BCUT2D eigenvalue weighted by atomic mass is 16.5. The van der Waals surface area contributed by atoms with Gasteiger partial charge < -0.3 is 4.74 Å². The Morgan fingerprint density at radius 1 is 1.38 bits per heavy atom. The number of rotatable bonds is 4. The summed E-state index contributed by atoms with van der Waals surface area (Å²) in [5.74, 6) is 0.919. The van der Waals surface area contributed by atoms with Crippen LogP contribution in [0.4, 0.5) is 0 Å². The fraction of sp³-hybridized carbons (Fsp3) is 0.500. The van der Waals surface area contributed by atoms with Crippen molar-refractivity contribution in [3.8, 4) is 11.8 Å². The van der Waals surface area contributed by atoms with Crippen LogP contribution >= 0.6 is 0 Å². The summed E-state index contributed by atoms with van der Waals surface area (Å²) in [6, 6.07) is 8.50. The molecule has 1 aliphatic rings. The van der Waals surface area contributed by atoms with E-state index in [-0.39, 0.29) is 6.10 Å². The van der Waals surface area contributed by atoms with E-state index in [2.05, 4.69) is 25.1 Å². The van der Waals surface area contributed by atoms with Crippen LogP contribution in [0.2, 0.25) is 0 Å². The molecule has 0 saturated heterocycles. The molecule has 0 bridgehead atoms. The van der Waals surface area contributed by atoms with Crippen molar-refractivity contribution < 1.29 is 4.74 Å². The smallest absolute Gasteiger partial charge is 0.120 e. The van der Waals surface area contributed by atoms with Gasteiger partial charge in [0.25, 0.3) is 0 Å². The summed E-state index contributed by atoms with van der Waals surface area (Å²) in [4.78, 5) is 0. The largest absolute Gasteiger partial charge is 0.489 e. The normalized spacial score (nSPS) is 15.2. The van der Waals surface area contributed by atoms with Gasteiger partial charge in [0.15, 0.2) is 0 Å². The Labute approximate surface area is 96.9 Å². The molecule has 0 aromatic heterocycles. The molecule has 0 heterocycles. The molecule has 1 aromatic carbocycles. The average Bonchev–Trinajstić information content (AvgIpc) is 2.75. The van der Waals surface area contributed by atoms with Crippen LogP contribution in [-0.2, 0) is 12.8 Å². The Bertz CT molecular complexity index is 406. The molecule has 1 aliphatic carbocycles.